The first-order valence-electron chi connectivity index (χ1n) is 9.57. The number of amides is 1. The number of nitrogens with one attached hydrogen (secondary N) is 3. The minimum Gasteiger partial charge on any atom is -0.448 e. The molecule has 0 fully saturated rings. The van der Waals surface area contributed by atoms with Crippen LogP contribution in [0.5, 0.6) is 0 Å². The molecule has 5 nitrogen and oxygen atoms in total. The van der Waals surface area contributed by atoms with Gasteiger partial charge < -0.3 is 15.4 Å². The van der Waals surface area contributed by atoms with Crippen LogP contribution in [0.4, 0.5) is 16.2 Å². The molecule has 3 aromatic carbocycles. The standard InChI is InChI=1S/C23H19Cl2N3O2S/c1-26-20-10-18(24)19(25)11-21(20)27-22(31)28-23(29)30-12-17-15-8-4-2-6-13(15)14-7-3-5-9-16(14)17/h2-11,17,26H,12H2,1H3,(H2,27,28,29,31). The van der Waals surface area contributed by atoms with Gasteiger partial charge in [-0.2, -0.15) is 0 Å². The third-order valence-electron chi connectivity index (χ3n) is 5.14. The first kappa shape index (κ1) is 21.4. The van der Waals surface area contributed by atoms with Gasteiger partial charge in [-0.25, -0.2) is 4.79 Å². The van der Waals surface area contributed by atoms with Crippen LogP contribution in [0.2, 0.25) is 10.0 Å². The van der Waals surface area contributed by atoms with Gasteiger partial charge in [0.15, 0.2) is 5.11 Å². The Labute approximate surface area is 195 Å². The molecule has 0 atom stereocenters. The summed E-state index contributed by atoms with van der Waals surface area (Å²) in [6.07, 6.45) is -0.634. The Morgan fingerprint density at radius 1 is 0.968 bits per heavy atom. The highest BCUT2D eigenvalue weighted by atomic mass is 35.5. The summed E-state index contributed by atoms with van der Waals surface area (Å²) < 4.78 is 5.51. The van der Waals surface area contributed by atoms with Gasteiger partial charge in [0.25, 0.3) is 0 Å². The van der Waals surface area contributed by atoms with Crippen LogP contribution in [0.3, 0.4) is 0 Å². The van der Waals surface area contributed by atoms with E-state index in [0.29, 0.717) is 21.4 Å². The van der Waals surface area contributed by atoms with Gasteiger partial charge in [0.1, 0.15) is 6.61 Å². The van der Waals surface area contributed by atoms with Crippen molar-refractivity contribution in [2.24, 2.45) is 0 Å². The summed E-state index contributed by atoms with van der Waals surface area (Å²) in [5, 5.41) is 9.34. The highest BCUT2D eigenvalue weighted by Crippen LogP contribution is 2.44. The number of thiocarbonyl (C=S) groups is 1. The average molecular weight is 472 g/mol. The van der Waals surface area contributed by atoms with Crippen molar-refractivity contribution >= 4 is 58.0 Å². The summed E-state index contributed by atoms with van der Waals surface area (Å²) in [5.74, 6) is -0.0225. The maximum absolute atomic E-state index is 12.4. The quantitative estimate of drug-likeness (QED) is 0.391. The summed E-state index contributed by atoms with van der Waals surface area (Å²) in [5.41, 5.74) is 5.90. The molecule has 0 bridgehead atoms. The Balaban J connectivity index is 1.40. The molecule has 1 aliphatic rings. The van der Waals surface area contributed by atoms with Crippen molar-refractivity contribution in [3.63, 3.8) is 0 Å². The summed E-state index contributed by atoms with van der Waals surface area (Å²) >= 11 is 17.4. The number of fused-ring (bicyclic) bond motifs is 3. The van der Waals surface area contributed by atoms with E-state index in [2.05, 4.69) is 40.2 Å². The third-order valence-corrected chi connectivity index (χ3v) is 6.06. The van der Waals surface area contributed by atoms with Gasteiger partial charge in [-0.1, -0.05) is 71.7 Å². The monoisotopic (exact) mass is 471 g/mol. The lowest BCUT2D eigenvalue weighted by molar-refractivity contribution is 0.148. The first-order valence-corrected chi connectivity index (χ1v) is 10.7. The van der Waals surface area contributed by atoms with E-state index in [1.54, 1.807) is 19.2 Å². The molecule has 4 rings (SSSR count). The zero-order chi connectivity index (χ0) is 22.0. The van der Waals surface area contributed by atoms with Crippen LogP contribution in [-0.4, -0.2) is 24.9 Å². The molecule has 1 aliphatic carbocycles. The SMILES string of the molecule is CNc1cc(Cl)c(Cl)cc1NC(=S)NC(=O)OCC1c2ccccc2-c2ccccc21. The van der Waals surface area contributed by atoms with Gasteiger partial charge in [0.05, 0.1) is 21.4 Å². The number of carbonyl (C=O) groups excluding carboxylic acids is 1. The highest BCUT2D eigenvalue weighted by molar-refractivity contribution is 7.80. The average Bonchev–Trinajstić information content (AvgIpc) is 3.08. The molecule has 0 aromatic heterocycles. The fourth-order valence-corrected chi connectivity index (χ4v) is 4.26. The molecule has 0 saturated heterocycles. The second kappa shape index (κ2) is 9.14. The van der Waals surface area contributed by atoms with Gasteiger partial charge in [-0.15, -0.1) is 0 Å². The van der Waals surface area contributed by atoms with Gasteiger partial charge in [-0.3, -0.25) is 5.32 Å². The Morgan fingerprint density at radius 3 is 2.10 bits per heavy atom. The normalized spacial score (nSPS) is 12.0. The van der Waals surface area contributed by atoms with Gasteiger partial charge in [-0.05, 0) is 46.6 Å². The number of ether oxygens (including phenoxy) is 1. The molecule has 0 unspecified atom stereocenters. The summed E-state index contributed by atoms with van der Waals surface area (Å²) in [6, 6.07) is 19.6. The smallest absolute Gasteiger partial charge is 0.413 e. The van der Waals surface area contributed by atoms with Crippen LogP contribution >= 0.6 is 35.4 Å². The van der Waals surface area contributed by atoms with E-state index in [4.69, 9.17) is 40.2 Å². The van der Waals surface area contributed by atoms with Crippen molar-refractivity contribution in [3.05, 3.63) is 81.8 Å². The molecule has 0 heterocycles. The Kier molecular flexibility index (Phi) is 6.32. The van der Waals surface area contributed by atoms with Crippen molar-refractivity contribution in [1.29, 1.82) is 0 Å². The minimum atomic E-state index is -0.634. The topological polar surface area (TPSA) is 62.4 Å². The molecule has 158 valence electrons. The largest absolute Gasteiger partial charge is 0.448 e. The van der Waals surface area contributed by atoms with Crippen LogP contribution in [0.15, 0.2) is 60.7 Å². The molecular formula is C23H19Cl2N3O2S. The lowest BCUT2D eigenvalue weighted by Gasteiger charge is -2.16. The summed E-state index contributed by atoms with van der Waals surface area (Å²) in [7, 11) is 1.74. The molecule has 0 spiro atoms. The fraction of sp³-hybridized carbons (Fsp3) is 0.130. The molecule has 1 amide bonds. The van der Waals surface area contributed by atoms with Crippen LogP contribution in [0, 0.1) is 0 Å². The first-order chi connectivity index (χ1) is 15.0. The predicted molar refractivity (Wildman–Crippen MR) is 130 cm³/mol. The molecule has 3 N–H and O–H groups in total. The number of carbonyl (C=O) groups is 1. The lowest BCUT2D eigenvalue weighted by atomic mass is 9.98. The summed E-state index contributed by atoms with van der Waals surface area (Å²) in [4.78, 5) is 12.4. The number of rotatable bonds is 4. The van der Waals surface area contributed by atoms with Crippen LogP contribution in [0.1, 0.15) is 17.0 Å². The third kappa shape index (κ3) is 4.46. The van der Waals surface area contributed by atoms with Crippen molar-refractivity contribution < 1.29 is 9.53 Å². The van der Waals surface area contributed by atoms with E-state index < -0.39 is 6.09 Å². The zero-order valence-electron chi connectivity index (χ0n) is 16.5. The van der Waals surface area contributed by atoms with E-state index >= 15 is 0 Å². The molecule has 8 heteroatoms. The van der Waals surface area contributed by atoms with E-state index in [0.717, 1.165) is 11.1 Å². The van der Waals surface area contributed by atoms with Crippen LogP contribution in [0.25, 0.3) is 11.1 Å². The summed E-state index contributed by atoms with van der Waals surface area (Å²) in [6.45, 7) is 0.205. The van der Waals surface area contributed by atoms with Crippen molar-refractivity contribution in [2.75, 3.05) is 24.3 Å². The number of alkyl carbamates (subject to hydrolysis) is 1. The Hall–Kier alpha value is -2.80. The molecular weight excluding hydrogens is 453 g/mol. The van der Waals surface area contributed by atoms with E-state index in [1.807, 2.05) is 24.3 Å². The zero-order valence-corrected chi connectivity index (χ0v) is 18.9. The number of benzene rings is 3. The van der Waals surface area contributed by atoms with Crippen molar-refractivity contribution in [2.45, 2.75) is 5.92 Å². The molecule has 0 aliphatic heterocycles. The van der Waals surface area contributed by atoms with Crippen LogP contribution < -0.4 is 16.0 Å². The van der Waals surface area contributed by atoms with Gasteiger partial charge in [0, 0.05) is 13.0 Å². The van der Waals surface area contributed by atoms with E-state index in [1.165, 1.54) is 11.1 Å². The van der Waals surface area contributed by atoms with Crippen molar-refractivity contribution in [3.8, 4) is 11.1 Å². The van der Waals surface area contributed by atoms with E-state index in [-0.39, 0.29) is 17.6 Å². The second-order valence-corrected chi connectivity index (χ2v) is 8.19. The highest BCUT2D eigenvalue weighted by Gasteiger charge is 2.29. The molecule has 0 radical (unpaired) electrons. The number of halogens is 2. The predicted octanol–water partition coefficient (Wildman–Crippen LogP) is 6.27. The number of hydrogen-bond donors (Lipinski definition) is 3. The van der Waals surface area contributed by atoms with E-state index in [9.17, 15) is 4.79 Å². The Morgan fingerprint density at radius 2 is 1.52 bits per heavy atom. The van der Waals surface area contributed by atoms with Gasteiger partial charge >= 0.3 is 6.09 Å². The second-order valence-electron chi connectivity index (χ2n) is 6.97. The maximum atomic E-state index is 12.4. The minimum absolute atomic E-state index is 0.0225. The Bertz CT molecular complexity index is 1120. The maximum Gasteiger partial charge on any atom is 0.413 e. The molecule has 31 heavy (non-hydrogen) atoms. The fourth-order valence-electron chi connectivity index (χ4n) is 3.74. The molecule has 0 saturated carbocycles. The van der Waals surface area contributed by atoms with Crippen LogP contribution in [-0.2, 0) is 4.74 Å². The molecule has 3 aromatic rings. The van der Waals surface area contributed by atoms with Gasteiger partial charge in [0.2, 0.25) is 0 Å². The lowest BCUT2D eigenvalue weighted by Crippen LogP contribution is -2.35. The number of hydrogen-bond acceptors (Lipinski definition) is 4. The van der Waals surface area contributed by atoms with Crippen molar-refractivity contribution in [1.82, 2.24) is 5.32 Å². The number of anilines is 2.